The number of benzene rings is 2. The minimum absolute atomic E-state index is 0.267. The summed E-state index contributed by atoms with van der Waals surface area (Å²) in [4.78, 5) is 23.2. The van der Waals surface area contributed by atoms with E-state index in [1.165, 1.54) is 6.07 Å². The number of aromatic amines is 1. The largest absolute Gasteiger partial charge is 0.497 e. The molecule has 3 aromatic rings. The zero-order valence-electron chi connectivity index (χ0n) is 13.4. The van der Waals surface area contributed by atoms with Gasteiger partial charge in [0, 0.05) is 23.0 Å². The molecule has 1 heterocycles. The first-order chi connectivity index (χ1) is 12.1. The lowest BCUT2D eigenvalue weighted by Crippen LogP contribution is -2.19. The first kappa shape index (κ1) is 16.3. The lowest BCUT2D eigenvalue weighted by molar-refractivity contribution is 0.262. The van der Waals surface area contributed by atoms with Crippen molar-refractivity contribution < 1.29 is 9.53 Å². The first-order valence-corrected chi connectivity index (χ1v) is 7.52. The summed E-state index contributed by atoms with van der Waals surface area (Å²) in [5.74, 6) is 0.715. The van der Waals surface area contributed by atoms with Gasteiger partial charge in [0.1, 0.15) is 5.75 Å². The normalized spacial score (nSPS) is 10.1. The van der Waals surface area contributed by atoms with Crippen LogP contribution < -0.4 is 20.9 Å². The molecular formula is C18H16N4O3. The molecule has 25 heavy (non-hydrogen) atoms. The van der Waals surface area contributed by atoms with Crippen molar-refractivity contribution in [2.45, 2.75) is 0 Å². The SMILES string of the molecule is COc1ccc(NC(=O)Nc2cccc(-c3ccc(=O)[nH]n3)c2)cc1. The van der Waals surface area contributed by atoms with Gasteiger partial charge >= 0.3 is 6.03 Å². The Hall–Kier alpha value is -3.61. The van der Waals surface area contributed by atoms with Crippen LogP contribution in [0.1, 0.15) is 0 Å². The lowest BCUT2D eigenvalue weighted by Gasteiger charge is -2.09. The van der Waals surface area contributed by atoms with E-state index in [1.807, 2.05) is 6.07 Å². The van der Waals surface area contributed by atoms with Gasteiger partial charge in [-0.25, -0.2) is 9.89 Å². The van der Waals surface area contributed by atoms with E-state index in [2.05, 4.69) is 20.8 Å². The Morgan fingerprint density at radius 1 is 1.00 bits per heavy atom. The summed E-state index contributed by atoms with van der Waals surface area (Å²) in [7, 11) is 1.58. The summed E-state index contributed by atoms with van der Waals surface area (Å²) in [5, 5.41) is 11.9. The molecule has 7 heteroatoms. The van der Waals surface area contributed by atoms with Crippen molar-refractivity contribution in [1.29, 1.82) is 0 Å². The van der Waals surface area contributed by atoms with E-state index >= 15 is 0 Å². The second-order valence-corrected chi connectivity index (χ2v) is 5.19. The van der Waals surface area contributed by atoms with E-state index < -0.39 is 0 Å². The highest BCUT2D eigenvalue weighted by Gasteiger charge is 2.05. The van der Waals surface area contributed by atoms with E-state index in [0.717, 1.165) is 5.56 Å². The molecule has 0 aliphatic carbocycles. The number of rotatable bonds is 4. The van der Waals surface area contributed by atoms with Gasteiger partial charge in [-0.1, -0.05) is 12.1 Å². The van der Waals surface area contributed by atoms with E-state index in [9.17, 15) is 9.59 Å². The number of urea groups is 1. The number of carbonyl (C=O) groups excluding carboxylic acids is 1. The Kier molecular flexibility index (Phi) is 4.75. The molecule has 2 amide bonds. The quantitative estimate of drug-likeness (QED) is 0.682. The van der Waals surface area contributed by atoms with Gasteiger partial charge in [0.2, 0.25) is 0 Å². The molecule has 0 atom stereocenters. The van der Waals surface area contributed by atoms with Crippen LogP contribution in [0.4, 0.5) is 16.2 Å². The van der Waals surface area contributed by atoms with Crippen LogP contribution in [0.3, 0.4) is 0 Å². The monoisotopic (exact) mass is 336 g/mol. The number of methoxy groups -OCH3 is 1. The van der Waals surface area contributed by atoms with Crippen molar-refractivity contribution in [2.75, 3.05) is 17.7 Å². The molecule has 7 nitrogen and oxygen atoms in total. The van der Waals surface area contributed by atoms with Crippen LogP contribution >= 0.6 is 0 Å². The number of ether oxygens (including phenoxy) is 1. The summed E-state index contributed by atoms with van der Waals surface area (Å²) in [6.45, 7) is 0. The minimum Gasteiger partial charge on any atom is -0.497 e. The fraction of sp³-hybridized carbons (Fsp3) is 0.0556. The number of hydrogen-bond donors (Lipinski definition) is 3. The lowest BCUT2D eigenvalue weighted by atomic mass is 10.1. The fourth-order valence-electron chi connectivity index (χ4n) is 2.23. The molecule has 1 aromatic heterocycles. The topological polar surface area (TPSA) is 96.1 Å². The van der Waals surface area contributed by atoms with Crippen LogP contribution in [-0.2, 0) is 0 Å². The predicted octanol–water partition coefficient (Wildman–Crippen LogP) is 3.09. The van der Waals surface area contributed by atoms with E-state index in [1.54, 1.807) is 55.6 Å². The second kappa shape index (κ2) is 7.31. The van der Waals surface area contributed by atoms with E-state index in [4.69, 9.17) is 4.74 Å². The van der Waals surface area contributed by atoms with Gasteiger partial charge < -0.3 is 15.4 Å². The molecule has 0 aliphatic heterocycles. The van der Waals surface area contributed by atoms with Crippen molar-refractivity contribution in [2.24, 2.45) is 0 Å². The fourth-order valence-corrected chi connectivity index (χ4v) is 2.23. The van der Waals surface area contributed by atoms with Gasteiger partial charge in [-0.2, -0.15) is 5.10 Å². The van der Waals surface area contributed by atoms with E-state index in [-0.39, 0.29) is 11.6 Å². The summed E-state index contributed by atoms with van der Waals surface area (Å²) in [6.07, 6.45) is 0. The average Bonchev–Trinajstić information content (AvgIpc) is 2.63. The number of hydrogen-bond acceptors (Lipinski definition) is 4. The van der Waals surface area contributed by atoms with Gasteiger partial charge in [0.05, 0.1) is 12.8 Å². The maximum atomic E-state index is 12.1. The molecule has 2 aromatic carbocycles. The number of anilines is 2. The molecule has 0 radical (unpaired) electrons. The zero-order chi connectivity index (χ0) is 17.6. The maximum absolute atomic E-state index is 12.1. The van der Waals surface area contributed by atoms with Crippen molar-refractivity contribution in [3.63, 3.8) is 0 Å². The number of amides is 2. The Morgan fingerprint density at radius 2 is 1.76 bits per heavy atom. The predicted molar refractivity (Wildman–Crippen MR) is 95.9 cm³/mol. The smallest absolute Gasteiger partial charge is 0.323 e. The highest BCUT2D eigenvalue weighted by atomic mass is 16.5. The minimum atomic E-state index is -0.364. The van der Waals surface area contributed by atoms with Crippen LogP contribution in [0.25, 0.3) is 11.3 Å². The maximum Gasteiger partial charge on any atom is 0.323 e. The van der Waals surface area contributed by atoms with Crippen molar-refractivity contribution in [3.05, 3.63) is 71.0 Å². The number of carbonyl (C=O) groups is 1. The van der Waals surface area contributed by atoms with Crippen molar-refractivity contribution >= 4 is 17.4 Å². The van der Waals surface area contributed by atoms with Gasteiger partial charge in [-0.05, 0) is 42.5 Å². The standard InChI is InChI=1S/C18H16N4O3/c1-25-15-7-5-13(6-8-15)19-18(24)20-14-4-2-3-12(11-14)16-9-10-17(23)22-21-16/h2-11H,1H3,(H,22,23)(H2,19,20,24). The molecule has 126 valence electrons. The molecule has 0 unspecified atom stereocenters. The third-order valence-electron chi connectivity index (χ3n) is 3.44. The Morgan fingerprint density at radius 3 is 2.44 bits per heavy atom. The van der Waals surface area contributed by atoms with Gasteiger partial charge in [0.15, 0.2) is 0 Å². The second-order valence-electron chi connectivity index (χ2n) is 5.19. The summed E-state index contributed by atoms with van der Waals surface area (Å²) in [5.41, 5.74) is 2.38. The third kappa shape index (κ3) is 4.23. The Balaban J connectivity index is 1.69. The summed E-state index contributed by atoms with van der Waals surface area (Å²) >= 11 is 0. The Labute approximate surface area is 143 Å². The van der Waals surface area contributed by atoms with Gasteiger partial charge in [-0.3, -0.25) is 4.79 Å². The number of nitrogens with one attached hydrogen (secondary N) is 3. The molecule has 0 saturated carbocycles. The average molecular weight is 336 g/mol. The number of aromatic nitrogens is 2. The first-order valence-electron chi connectivity index (χ1n) is 7.52. The van der Waals surface area contributed by atoms with Crippen LogP contribution in [0.2, 0.25) is 0 Å². The highest BCUT2D eigenvalue weighted by Crippen LogP contribution is 2.20. The molecule has 0 aliphatic rings. The molecule has 3 N–H and O–H groups in total. The van der Waals surface area contributed by atoms with Crippen LogP contribution in [-0.4, -0.2) is 23.3 Å². The third-order valence-corrected chi connectivity index (χ3v) is 3.44. The Bertz CT molecular complexity index is 915. The molecular weight excluding hydrogens is 320 g/mol. The summed E-state index contributed by atoms with van der Waals surface area (Å²) in [6, 6.07) is 16.9. The van der Waals surface area contributed by atoms with Crippen LogP contribution in [0.15, 0.2) is 65.5 Å². The van der Waals surface area contributed by atoms with Crippen molar-refractivity contribution in [3.8, 4) is 17.0 Å². The van der Waals surface area contributed by atoms with Gasteiger partial charge in [0.25, 0.3) is 5.56 Å². The molecule has 0 bridgehead atoms. The zero-order valence-corrected chi connectivity index (χ0v) is 13.4. The molecule has 0 spiro atoms. The highest BCUT2D eigenvalue weighted by molar-refractivity contribution is 6.00. The van der Waals surface area contributed by atoms with E-state index in [0.29, 0.717) is 22.8 Å². The molecule has 0 saturated heterocycles. The molecule has 3 rings (SSSR count). The number of H-pyrrole nitrogens is 1. The van der Waals surface area contributed by atoms with Crippen LogP contribution in [0, 0.1) is 0 Å². The van der Waals surface area contributed by atoms with Crippen molar-refractivity contribution in [1.82, 2.24) is 10.2 Å². The molecule has 0 fully saturated rings. The number of nitrogens with zero attached hydrogens (tertiary/aromatic N) is 1. The van der Waals surface area contributed by atoms with Gasteiger partial charge in [-0.15, -0.1) is 0 Å². The summed E-state index contributed by atoms with van der Waals surface area (Å²) < 4.78 is 5.08. The van der Waals surface area contributed by atoms with Crippen LogP contribution in [0.5, 0.6) is 5.75 Å².